The molecule has 148 valence electrons. The van der Waals surface area contributed by atoms with Gasteiger partial charge in [-0.3, -0.25) is 14.6 Å². The molecule has 0 spiro atoms. The van der Waals surface area contributed by atoms with Crippen molar-refractivity contribution in [2.24, 2.45) is 5.92 Å². The molecule has 0 radical (unpaired) electrons. The van der Waals surface area contributed by atoms with Crippen LogP contribution in [0.1, 0.15) is 36.5 Å². The van der Waals surface area contributed by atoms with Crippen molar-refractivity contribution < 1.29 is 14.0 Å². The topological polar surface area (TPSA) is 50.3 Å². The minimum absolute atomic E-state index is 0.107. The van der Waals surface area contributed by atoms with Gasteiger partial charge >= 0.3 is 0 Å². The van der Waals surface area contributed by atoms with Crippen molar-refractivity contribution in [3.05, 3.63) is 66.1 Å². The van der Waals surface area contributed by atoms with E-state index in [-0.39, 0.29) is 23.2 Å². The molecular formula is C24H23FN2O2. The maximum absolute atomic E-state index is 14.8. The number of fused-ring (bicyclic) bond motifs is 1. The summed E-state index contributed by atoms with van der Waals surface area (Å²) in [5.41, 5.74) is 2.52. The highest BCUT2D eigenvalue weighted by molar-refractivity contribution is 5.98. The molecule has 2 heterocycles. The highest BCUT2D eigenvalue weighted by atomic mass is 19.1. The Kier molecular flexibility index (Phi) is 5.38. The fourth-order valence-electron chi connectivity index (χ4n) is 3.96. The summed E-state index contributed by atoms with van der Waals surface area (Å²) >= 11 is 0. The largest absolute Gasteiger partial charge is 0.343 e. The number of ketones is 1. The maximum atomic E-state index is 14.8. The molecular weight excluding hydrogens is 367 g/mol. The molecule has 0 unspecified atom stereocenters. The van der Waals surface area contributed by atoms with Gasteiger partial charge in [0.2, 0.25) is 5.91 Å². The van der Waals surface area contributed by atoms with Crippen LogP contribution in [0.2, 0.25) is 0 Å². The van der Waals surface area contributed by atoms with E-state index in [1.54, 1.807) is 23.2 Å². The standard InChI is InChI=1S/C24H23FN2O2/c1-2-23(28)27-11-9-16(10-12-27)24(29)20-8-7-17(14-21(20)25)19-13-18-5-3-4-6-22(18)26-15-19/h3-8,13-16H,2,9-12H2,1H3. The second-order valence-corrected chi connectivity index (χ2v) is 7.48. The van der Waals surface area contributed by atoms with Gasteiger partial charge in [-0.25, -0.2) is 4.39 Å². The smallest absolute Gasteiger partial charge is 0.222 e. The maximum Gasteiger partial charge on any atom is 0.222 e. The van der Waals surface area contributed by atoms with Gasteiger partial charge in [-0.2, -0.15) is 0 Å². The van der Waals surface area contributed by atoms with E-state index in [2.05, 4.69) is 4.98 Å². The first-order valence-corrected chi connectivity index (χ1v) is 10.0. The van der Waals surface area contributed by atoms with E-state index < -0.39 is 5.82 Å². The van der Waals surface area contributed by atoms with Gasteiger partial charge < -0.3 is 4.90 Å². The van der Waals surface area contributed by atoms with Gasteiger partial charge in [0, 0.05) is 42.6 Å². The number of pyridine rings is 1. The van der Waals surface area contributed by atoms with E-state index in [0.29, 0.717) is 37.9 Å². The van der Waals surface area contributed by atoms with Crippen LogP contribution < -0.4 is 0 Å². The molecule has 29 heavy (non-hydrogen) atoms. The lowest BCUT2D eigenvalue weighted by molar-refractivity contribution is -0.132. The molecule has 0 aliphatic carbocycles. The molecule has 1 aromatic heterocycles. The number of halogens is 1. The highest BCUT2D eigenvalue weighted by Gasteiger charge is 2.28. The Morgan fingerprint density at radius 3 is 2.55 bits per heavy atom. The first-order valence-electron chi connectivity index (χ1n) is 10.0. The molecule has 1 aliphatic rings. The molecule has 5 heteroatoms. The molecule has 1 amide bonds. The third-order valence-corrected chi connectivity index (χ3v) is 5.68. The van der Waals surface area contributed by atoms with Crippen molar-refractivity contribution in [3.63, 3.8) is 0 Å². The zero-order valence-electron chi connectivity index (χ0n) is 16.4. The summed E-state index contributed by atoms with van der Waals surface area (Å²) in [4.78, 5) is 30.8. The molecule has 4 rings (SSSR count). The van der Waals surface area contributed by atoms with Gasteiger partial charge in [0.1, 0.15) is 5.82 Å². The van der Waals surface area contributed by atoms with Gasteiger partial charge in [0.05, 0.1) is 11.1 Å². The van der Waals surface area contributed by atoms with Gasteiger partial charge in [0.25, 0.3) is 0 Å². The van der Waals surface area contributed by atoms with Crippen molar-refractivity contribution >= 4 is 22.6 Å². The fourth-order valence-corrected chi connectivity index (χ4v) is 3.96. The van der Waals surface area contributed by atoms with E-state index in [1.807, 2.05) is 37.3 Å². The third-order valence-electron chi connectivity index (χ3n) is 5.68. The summed E-state index contributed by atoms with van der Waals surface area (Å²) in [6, 6.07) is 14.5. The molecule has 0 saturated carbocycles. The number of benzene rings is 2. The number of likely N-dealkylation sites (tertiary alicyclic amines) is 1. The van der Waals surface area contributed by atoms with Crippen LogP contribution in [0.3, 0.4) is 0 Å². The number of carbonyl (C=O) groups excluding carboxylic acids is 2. The monoisotopic (exact) mass is 390 g/mol. The van der Waals surface area contributed by atoms with Crippen molar-refractivity contribution in [2.75, 3.05) is 13.1 Å². The number of aromatic nitrogens is 1. The number of Topliss-reactive ketones (excluding diaryl/α,β-unsaturated/α-hetero) is 1. The number of carbonyl (C=O) groups is 2. The Morgan fingerprint density at radius 2 is 1.83 bits per heavy atom. The molecule has 1 saturated heterocycles. The molecule has 2 aromatic carbocycles. The van der Waals surface area contributed by atoms with Crippen LogP contribution in [-0.2, 0) is 4.79 Å². The molecule has 1 aliphatic heterocycles. The number of rotatable bonds is 4. The average molecular weight is 390 g/mol. The minimum atomic E-state index is -0.507. The highest BCUT2D eigenvalue weighted by Crippen LogP contribution is 2.28. The Morgan fingerprint density at radius 1 is 1.07 bits per heavy atom. The molecule has 0 atom stereocenters. The summed E-state index contributed by atoms with van der Waals surface area (Å²) in [7, 11) is 0. The average Bonchev–Trinajstić information content (AvgIpc) is 2.77. The number of para-hydroxylation sites is 1. The van der Waals surface area contributed by atoms with Crippen molar-refractivity contribution in [2.45, 2.75) is 26.2 Å². The Hall–Kier alpha value is -3.08. The van der Waals surface area contributed by atoms with Crippen LogP contribution in [0.25, 0.3) is 22.0 Å². The van der Waals surface area contributed by atoms with Gasteiger partial charge in [-0.1, -0.05) is 31.2 Å². The minimum Gasteiger partial charge on any atom is -0.343 e. The van der Waals surface area contributed by atoms with Crippen molar-refractivity contribution in [1.29, 1.82) is 0 Å². The summed E-state index contributed by atoms with van der Waals surface area (Å²) in [5, 5.41) is 0.985. The fraction of sp³-hybridized carbons (Fsp3) is 0.292. The second kappa shape index (κ2) is 8.11. The van der Waals surface area contributed by atoms with Crippen molar-refractivity contribution in [1.82, 2.24) is 9.88 Å². The van der Waals surface area contributed by atoms with E-state index in [0.717, 1.165) is 16.5 Å². The lowest BCUT2D eigenvalue weighted by atomic mass is 9.88. The summed E-state index contributed by atoms with van der Waals surface area (Å²) in [6.45, 7) is 2.96. The lowest BCUT2D eigenvalue weighted by Gasteiger charge is -2.31. The number of hydrogen-bond donors (Lipinski definition) is 0. The predicted octanol–water partition coefficient (Wildman–Crippen LogP) is 4.87. The van der Waals surface area contributed by atoms with Gasteiger partial charge in [-0.15, -0.1) is 0 Å². The summed E-state index contributed by atoms with van der Waals surface area (Å²) < 4.78 is 14.8. The van der Waals surface area contributed by atoms with Crippen LogP contribution in [0.5, 0.6) is 0 Å². The van der Waals surface area contributed by atoms with Crippen LogP contribution in [0.15, 0.2) is 54.7 Å². The number of piperidine rings is 1. The Labute approximate surface area is 169 Å². The number of hydrogen-bond acceptors (Lipinski definition) is 3. The van der Waals surface area contributed by atoms with Gasteiger partial charge in [0.15, 0.2) is 5.78 Å². The van der Waals surface area contributed by atoms with Crippen molar-refractivity contribution in [3.8, 4) is 11.1 Å². The first-order chi connectivity index (χ1) is 14.1. The van der Waals surface area contributed by atoms with E-state index in [9.17, 15) is 14.0 Å². The molecule has 4 nitrogen and oxygen atoms in total. The summed E-state index contributed by atoms with van der Waals surface area (Å²) in [5.74, 6) is -0.809. The van der Waals surface area contributed by atoms with Crippen LogP contribution in [-0.4, -0.2) is 34.7 Å². The predicted molar refractivity (Wildman–Crippen MR) is 111 cm³/mol. The zero-order chi connectivity index (χ0) is 20.4. The Balaban J connectivity index is 1.52. The quantitative estimate of drug-likeness (QED) is 0.597. The van der Waals surface area contributed by atoms with Gasteiger partial charge in [-0.05, 0) is 42.7 Å². The first kappa shape index (κ1) is 19.2. The zero-order valence-corrected chi connectivity index (χ0v) is 16.4. The Bertz CT molecular complexity index is 1070. The molecule has 0 bridgehead atoms. The van der Waals surface area contributed by atoms with Crippen LogP contribution in [0.4, 0.5) is 4.39 Å². The summed E-state index contributed by atoms with van der Waals surface area (Å²) in [6.07, 6.45) is 3.36. The second-order valence-electron chi connectivity index (χ2n) is 7.48. The molecule has 1 fully saturated rings. The molecule has 3 aromatic rings. The van der Waals surface area contributed by atoms with Crippen LogP contribution in [0, 0.1) is 11.7 Å². The lowest BCUT2D eigenvalue weighted by Crippen LogP contribution is -2.40. The third kappa shape index (κ3) is 3.90. The number of nitrogens with zero attached hydrogens (tertiary/aromatic N) is 2. The normalized spacial score (nSPS) is 14.9. The van der Waals surface area contributed by atoms with E-state index >= 15 is 0 Å². The van der Waals surface area contributed by atoms with E-state index in [4.69, 9.17) is 0 Å². The SMILES string of the molecule is CCC(=O)N1CCC(C(=O)c2ccc(-c3cnc4ccccc4c3)cc2F)CC1. The number of amides is 1. The molecule has 0 N–H and O–H groups in total. The van der Waals surface area contributed by atoms with E-state index in [1.165, 1.54) is 6.07 Å². The van der Waals surface area contributed by atoms with Crippen LogP contribution >= 0.6 is 0 Å².